The number of rotatable bonds is 24. The van der Waals surface area contributed by atoms with Crippen LogP contribution >= 0.6 is 0 Å². The molecule has 370 valence electrons. The SMILES string of the molecule is O=C(OC1CCC(c2ccc(OCC(O)COc3cccc(OC[C@H](O)COc4ccc(C(=O)OC5CCC(c6ccc(OCC7CO7)cc6)CC5)cc4)c3)cc2)CC1)c1ccc(OCC2CO2)cc1. The van der Waals surface area contributed by atoms with E-state index in [1.165, 1.54) is 11.1 Å². The van der Waals surface area contributed by atoms with Crippen molar-refractivity contribution in [3.8, 4) is 34.5 Å². The second-order valence-corrected chi connectivity index (χ2v) is 18.5. The highest BCUT2D eigenvalue weighted by molar-refractivity contribution is 5.90. The highest BCUT2D eigenvalue weighted by atomic mass is 16.6. The number of aliphatic hydroxyl groups is 2. The Morgan fingerprint density at radius 1 is 0.443 bits per heavy atom. The van der Waals surface area contributed by atoms with Gasteiger partial charge in [0.25, 0.3) is 0 Å². The minimum atomic E-state index is -0.929. The molecular formula is C56H62O14. The van der Waals surface area contributed by atoms with E-state index in [0.29, 0.717) is 64.9 Å². The molecule has 0 aromatic heterocycles. The highest BCUT2D eigenvalue weighted by Crippen LogP contribution is 2.37. The normalized spacial score (nSPS) is 22.4. The maximum atomic E-state index is 12.9. The smallest absolute Gasteiger partial charge is 0.338 e. The molecule has 4 aliphatic rings. The maximum Gasteiger partial charge on any atom is 0.338 e. The second kappa shape index (κ2) is 24.0. The third-order valence-electron chi connectivity index (χ3n) is 13.0. The lowest BCUT2D eigenvalue weighted by molar-refractivity contribution is 0.0186. The lowest BCUT2D eigenvalue weighted by atomic mass is 9.83. The molecule has 2 saturated carbocycles. The number of ether oxygens (including phenoxy) is 10. The van der Waals surface area contributed by atoms with Crippen molar-refractivity contribution >= 4 is 11.9 Å². The predicted octanol–water partition coefficient (Wildman–Crippen LogP) is 8.65. The molecule has 5 aromatic carbocycles. The van der Waals surface area contributed by atoms with Gasteiger partial charge >= 0.3 is 11.9 Å². The van der Waals surface area contributed by atoms with E-state index >= 15 is 0 Å². The molecule has 14 heteroatoms. The molecule has 14 nitrogen and oxygen atoms in total. The fraction of sp³-hybridized carbons (Fsp3) is 0.429. The summed E-state index contributed by atoms with van der Waals surface area (Å²) in [5.41, 5.74) is 3.44. The van der Waals surface area contributed by atoms with Gasteiger partial charge in [-0.15, -0.1) is 0 Å². The Balaban J connectivity index is 0.617. The van der Waals surface area contributed by atoms with Crippen molar-refractivity contribution in [3.05, 3.63) is 144 Å². The minimum Gasteiger partial charge on any atom is -0.491 e. The summed E-state index contributed by atoms with van der Waals surface area (Å²) in [6.45, 7) is 2.62. The van der Waals surface area contributed by atoms with Crippen molar-refractivity contribution in [2.45, 2.75) is 99.8 Å². The van der Waals surface area contributed by atoms with Gasteiger partial charge in [-0.2, -0.15) is 0 Å². The van der Waals surface area contributed by atoms with Gasteiger partial charge in [-0.05, 0) is 159 Å². The Kier molecular flexibility index (Phi) is 16.7. The summed E-state index contributed by atoms with van der Waals surface area (Å²) in [6.07, 6.45) is 5.28. The molecule has 4 atom stereocenters. The number of epoxide rings is 2. The van der Waals surface area contributed by atoms with Crippen LogP contribution in [0.3, 0.4) is 0 Å². The molecule has 0 bridgehead atoms. The lowest BCUT2D eigenvalue weighted by Gasteiger charge is -2.28. The topological polar surface area (TPSA) is 174 Å². The van der Waals surface area contributed by atoms with Crippen LogP contribution in [0.4, 0.5) is 0 Å². The van der Waals surface area contributed by atoms with Crippen molar-refractivity contribution in [1.29, 1.82) is 0 Å². The van der Waals surface area contributed by atoms with Crippen LogP contribution in [0.1, 0.15) is 95.0 Å². The molecule has 70 heavy (non-hydrogen) atoms. The van der Waals surface area contributed by atoms with Crippen LogP contribution in [0.2, 0.25) is 0 Å². The van der Waals surface area contributed by atoms with Gasteiger partial charge in [0.15, 0.2) is 0 Å². The number of aliphatic hydroxyl groups excluding tert-OH is 2. The molecule has 0 radical (unpaired) electrons. The zero-order valence-electron chi connectivity index (χ0n) is 39.3. The van der Waals surface area contributed by atoms with Crippen LogP contribution in [-0.2, 0) is 18.9 Å². The Hall–Kier alpha value is -6.32. The van der Waals surface area contributed by atoms with Crippen molar-refractivity contribution in [1.82, 2.24) is 0 Å². The molecule has 3 unspecified atom stereocenters. The molecule has 2 saturated heterocycles. The van der Waals surface area contributed by atoms with E-state index in [0.717, 1.165) is 70.3 Å². The van der Waals surface area contributed by atoms with Crippen LogP contribution in [0, 0.1) is 0 Å². The largest absolute Gasteiger partial charge is 0.491 e. The molecule has 9 rings (SSSR count). The van der Waals surface area contributed by atoms with Gasteiger partial charge in [0.2, 0.25) is 0 Å². The highest BCUT2D eigenvalue weighted by Gasteiger charge is 2.28. The quantitative estimate of drug-likeness (QED) is 0.0444. The Labute approximate surface area is 408 Å². The summed E-state index contributed by atoms with van der Waals surface area (Å²) in [5.74, 6) is 3.80. The van der Waals surface area contributed by atoms with E-state index in [-0.39, 0.29) is 62.8 Å². The maximum absolute atomic E-state index is 12.9. The molecule has 2 aliphatic carbocycles. The van der Waals surface area contributed by atoms with E-state index in [1.807, 2.05) is 24.3 Å². The third kappa shape index (κ3) is 14.8. The summed E-state index contributed by atoms with van der Waals surface area (Å²) in [7, 11) is 0. The van der Waals surface area contributed by atoms with Crippen LogP contribution in [0.5, 0.6) is 34.5 Å². The van der Waals surface area contributed by atoms with Gasteiger partial charge in [0.1, 0.15) is 111 Å². The molecule has 0 spiro atoms. The summed E-state index contributed by atoms with van der Waals surface area (Å²) in [5, 5.41) is 21.2. The van der Waals surface area contributed by atoms with Gasteiger partial charge in [-0.3, -0.25) is 0 Å². The fourth-order valence-corrected chi connectivity index (χ4v) is 8.74. The van der Waals surface area contributed by atoms with Gasteiger partial charge < -0.3 is 57.6 Å². The molecule has 5 aromatic rings. The van der Waals surface area contributed by atoms with Crippen molar-refractivity contribution in [3.63, 3.8) is 0 Å². The Bertz CT molecular complexity index is 2400. The van der Waals surface area contributed by atoms with Gasteiger partial charge in [-0.25, -0.2) is 9.59 Å². The average Bonchev–Trinajstić information content (AvgIpc) is 4.36. The van der Waals surface area contributed by atoms with Crippen molar-refractivity contribution in [2.75, 3.05) is 52.9 Å². The molecule has 0 amide bonds. The lowest BCUT2D eigenvalue weighted by Crippen LogP contribution is -2.25. The number of benzene rings is 5. The minimum absolute atomic E-state index is 0.00302. The van der Waals surface area contributed by atoms with Gasteiger partial charge in [0, 0.05) is 6.07 Å². The van der Waals surface area contributed by atoms with E-state index in [1.54, 1.807) is 72.8 Å². The van der Waals surface area contributed by atoms with E-state index < -0.39 is 12.2 Å². The summed E-state index contributed by atoms with van der Waals surface area (Å²) >= 11 is 0. The van der Waals surface area contributed by atoms with E-state index in [4.69, 9.17) is 47.4 Å². The summed E-state index contributed by atoms with van der Waals surface area (Å²) in [6, 6.07) is 36.9. The number of esters is 2. The first-order chi connectivity index (χ1) is 34.2. The molecular weight excluding hydrogens is 897 g/mol. The molecule has 2 N–H and O–H groups in total. The zero-order valence-corrected chi connectivity index (χ0v) is 39.3. The van der Waals surface area contributed by atoms with E-state index in [9.17, 15) is 19.8 Å². The third-order valence-corrected chi connectivity index (χ3v) is 13.0. The van der Waals surface area contributed by atoms with Gasteiger partial charge in [0.05, 0.1) is 24.3 Å². The summed E-state index contributed by atoms with van der Waals surface area (Å²) < 4.78 is 56.7. The zero-order chi connectivity index (χ0) is 48.1. The fourth-order valence-electron chi connectivity index (χ4n) is 8.74. The Morgan fingerprint density at radius 2 is 0.771 bits per heavy atom. The van der Waals surface area contributed by atoms with Crippen LogP contribution in [-0.4, -0.2) is 112 Å². The number of carbonyl (C=O) groups is 2. The number of hydrogen-bond acceptors (Lipinski definition) is 14. The summed E-state index contributed by atoms with van der Waals surface area (Å²) in [4.78, 5) is 25.7. The molecule has 2 heterocycles. The standard InChI is InChI=1S/C56H62O14/c57-43(29-61-45-16-4-37(5-17-45)39-8-24-50(25-9-39)70-56(60)42-14-22-48(23-15-42)66-34-54-36-68-54)31-63-51-2-1-3-52(28-51)64-32-44(58)30-62-46-20-12-41(13-21-46)55(59)69-49-26-10-40(11-27-49)38-6-18-47(19-7-38)65-33-53-35-67-53/h1-7,12-23,28,39-40,43-44,49-50,53-54,57-58H,8-11,24-27,29-36H2/t39?,40?,43?,44-,49?,50?,53?,54?/m1/s1. The number of hydrogen-bond donors (Lipinski definition) is 2. The predicted molar refractivity (Wildman–Crippen MR) is 257 cm³/mol. The first kappa shape index (κ1) is 48.7. The van der Waals surface area contributed by atoms with Crippen molar-refractivity contribution in [2.24, 2.45) is 0 Å². The Morgan fingerprint density at radius 3 is 1.13 bits per heavy atom. The first-order valence-electron chi connectivity index (χ1n) is 24.5. The van der Waals surface area contributed by atoms with Gasteiger partial charge in [-0.1, -0.05) is 30.3 Å². The van der Waals surface area contributed by atoms with Crippen LogP contribution < -0.4 is 28.4 Å². The average molecular weight is 959 g/mol. The van der Waals surface area contributed by atoms with Crippen LogP contribution in [0.25, 0.3) is 0 Å². The second-order valence-electron chi connectivity index (χ2n) is 18.5. The van der Waals surface area contributed by atoms with E-state index in [2.05, 4.69) is 24.3 Å². The number of carbonyl (C=O) groups excluding carboxylic acids is 2. The van der Waals surface area contributed by atoms with Crippen molar-refractivity contribution < 1.29 is 67.2 Å². The molecule has 2 aliphatic heterocycles. The first-order valence-corrected chi connectivity index (χ1v) is 24.5. The molecule has 4 fully saturated rings. The van der Waals surface area contributed by atoms with Crippen LogP contribution in [0.15, 0.2) is 121 Å². The monoisotopic (exact) mass is 958 g/mol.